The SMILES string of the molecule is CNC(=O)C1=CC(Oc2ccc(NC(=O)Nc3ccc(Cl)c(C(F)(F)F)c3)c(F)c2)=CCN1C. The zero-order chi connectivity index (χ0) is 25.0. The lowest BCUT2D eigenvalue weighted by Gasteiger charge is -2.24. The minimum Gasteiger partial charge on any atom is -0.457 e. The standard InChI is InChI=1S/C22H19ClF4N4O3/c1-28-20(32)19-11-14(7-8-31(19)2)34-13-4-6-18(17(24)10-13)30-21(33)29-12-3-5-16(23)15(9-12)22(25,26)27/h3-7,9-11H,8H2,1-2H3,(H,28,32)(H2,29,30,33). The van der Waals surface area contributed by atoms with Gasteiger partial charge in [-0.15, -0.1) is 0 Å². The third-order valence-corrected chi connectivity index (χ3v) is 5.00. The topological polar surface area (TPSA) is 82.7 Å². The zero-order valence-corrected chi connectivity index (χ0v) is 18.6. The van der Waals surface area contributed by atoms with Crippen molar-refractivity contribution in [2.24, 2.45) is 0 Å². The van der Waals surface area contributed by atoms with Gasteiger partial charge in [0.2, 0.25) is 0 Å². The number of nitrogens with zero attached hydrogens (tertiary/aromatic N) is 1. The number of nitrogens with one attached hydrogen (secondary N) is 3. The molecule has 7 nitrogen and oxygen atoms in total. The summed E-state index contributed by atoms with van der Waals surface area (Å²) in [5, 5.41) is 6.41. The van der Waals surface area contributed by atoms with Gasteiger partial charge in [-0.2, -0.15) is 13.2 Å². The van der Waals surface area contributed by atoms with E-state index in [1.54, 1.807) is 18.0 Å². The van der Waals surface area contributed by atoms with Crippen molar-refractivity contribution in [3.05, 3.63) is 76.4 Å². The maximum Gasteiger partial charge on any atom is 0.417 e. The molecule has 2 aromatic rings. The summed E-state index contributed by atoms with van der Waals surface area (Å²) in [7, 11) is 3.22. The van der Waals surface area contributed by atoms with Crippen LogP contribution >= 0.6 is 11.6 Å². The molecule has 0 unspecified atom stereocenters. The van der Waals surface area contributed by atoms with Crippen molar-refractivity contribution in [2.75, 3.05) is 31.3 Å². The summed E-state index contributed by atoms with van der Waals surface area (Å²) in [6.07, 6.45) is -1.50. The molecular formula is C22H19ClF4N4O3. The van der Waals surface area contributed by atoms with Gasteiger partial charge < -0.3 is 25.6 Å². The van der Waals surface area contributed by atoms with Gasteiger partial charge in [0.1, 0.15) is 23.0 Å². The van der Waals surface area contributed by atoms with Gasteiger partial charge in [0.15, 0.2) is 0 Å². The average Bonchev–Trinajstić information content (AvgIpc) is 2.77. The van der Waals surface area contributed by atoms with Crippen LogP contribution in [0.5, 0.6) is 5.75 Å². The quantitative estimate of drug-likeness (QED) is 0.508. The Bertz CT molecular complexity index is 1180. The van der Waals surface area contributed by atoms with E-state index in [2.05, 4.69) is 16.0 Å². The lowest BCUT2D eigenvalue weighted by Crippen LogP contribution is -2.33. The lowest BCUT2D eigenvalue weighted by molar-refractivity contribution is -0.137. The van der Waals surface area contributed by atoms with Crippen LogP contribution in [0.4, 0.5) is 33.7 Å². The molecule has 12 heteroatoms. The maximum atomic E-state index is 14.5. The van der Waals surface area contributed by atoms with Crippen LogP contribution in [0.15, 0.2) is 60.0 Å². The number of carbonyl (C=O) groups is 2. The summed E-state index contributed by atoms with van der Waals surface area (Å²) >= 11 is 5.55. The largest absolute Gasteiger partial charge is 0.457 e. The Labute approximate surface area is 197 Å². The third-order valence-electron chi connectivity index (χ3n) is 4.67. The molecular weight excluding hydrogens is 480 g/mol. The molecule has 0 spiro atoms. The molecule has 180 valence electrons. The Morgan fingerprint density at radius 3 is 2.50 bits per heavy atom. The number of amides is 3. The molecule has 0 bridgehead atoms. The molecule has 1 aliphatic heterocycles. The second-order valence-electron chi connectivity index (χ2n) is 7.11. The van der Waals surface area contributed by atoms with Crippen molar-refractivity contribution in [2.45, 2.75) is 6.18 Å². The number of alkyl halides is 3. The van der Waals surface area contributed by atoms with Crippen LogP contribution in [0.1, 0.15) is 5.56 Å². The summed E-state index contributed by atoms with van der Waals surface area (Å²) in [6.45, 7) is 0.400. The van der Waals surface area contributed by atoms with E-state index in [1.165, 1.54) is 31.3 Å². The van der Waals surface area contributed by atoms with Crippen LogP contribution in [0.3, 0.4) is 0 Å². The minimum atomic E-state index is -4.70. The Balaban J connectivity index is 1.67. The number of hydrogen-bond acceptors (Lipinski definition) is 4. The maximum absolute atomic E-state index is 14.5. The van der Waals surface area contributed by atoms with E-state index in [0.29, 0.717) is 24.1 Å². The average molecular weight is 499 g/mol. The fourth-order valence-corrected chi connectivity index (χ4v) is 3.19. The number of benzene rings is 2. The monoisotopic (exact) mass is 498 g/mol. The van der Waals surface area contributed by atoms with Crippen molar-refractivity contribution in [1.82, 2.24) is 10.2 Å². The predicted octanol–water partition coefficient (Wildman–Crippen LogP) is 4.98. The number of anilines is 2. The molecule has 0 aliphatic carbocycles. The molecule has 2 aromatic carbocycles. The van der Waals surface area contributed by atoms with Crippen molar-refractivity contribution >= 4 is 34.9 Å². The number of allylic oxidation sites excluding steroid dienone is 1. The third kappa shape index (κ3) is 5.98. The molecule has 1 heterocycles. The van der Waals surface area contributed by atoms with Gasteiger partial charge in [0.25, 0.3) is 5.91 Å². The molecule has 0 fully saturated rings. The second kappa shape index (κ2) is 10.0. The predicted molar refractivity (Wildman–Crippen MR) is 119 cm³/mol. The number of likely N-dealkylation sites (N-methyl/N-ethyl adjacent to an activating group) is 2. The molecule has 0 saturated carbocycles. The molecule has 3 rings (SSSR count). The van der Waals surface area contributed by atoms with Crippen molar-refractivity contribution in [3.63, 3.8) is 0 Å². The van der Waals surface area contributed by atoms with E-state index in [9.17, 15) is 27.2 Å². The van der Waals surface area contributed by atoms with E-state index >= 15 is 0 Å². The molecule has 3 amide bonds. The van der Waals surface area contributed by atoms with Gasteiger partial charge >= 0.3 is 12.2 Å². The molecule has 0 radical (unpaired) electrons. The van der Waals surface area contributed by atoms with E-state index in [4.69, 9.17) is 16.3 Å². The highest BCUT2D eigenvalue weighted by atomic mass is 35.5. The van der Waals surface area contributed by atoms with Crippen LogP contribution in [0.2, 0.25) is 5.02 Å². The van der Waals surface area contributed by atoms with Crippen molar-refractivity contribution in [3.8, 4) is 5.75 Å². The number of urea groups is 1. The summed E-state index contributed by atoms with van der Waals surface area (Å²) in [5.41, 5.74) is -1.15. The van der Waals surface area contributed by atoms with E-state index in [-0.39, 0.29) is 23.0 Å². The van der Waals surface area contributed by atoms with Crippen molar-refractivity contribution in [1.29, 1.82) is 0 Å². The van der Waals surface area contributed by atoms with Crippen LogP contribution < -0.4 is 20.7 Å². The second-order valence-corrected chi connectivity index (χ2v) is 7.52. The molecule has 1 aliphatic rings. The number of ether oxygens (including phenoxy) is 1. The van der Waals surface area contributed by atoms with Gasteiger partial charge in [0.05, 0.1) is 16.3 Å². The van der Waals surface area contributed by atoms with Crippen molar-refractivity contribution < 1.29 is 31.9 Å². The highest BCUT2D eigenvalue weighted by molar-refractivity contribution is 6.31. The zero-order valence-electron chi connectivity index (χ0n) is 17.9. The molecule has 34 heavy (non-hydrogen) atoms. The summed E-state index contributed by atoms with van der Waals surface area (Å²) < 4.78 is 59.0. The molecule has 0 aromatic heterocycles. The number of rotatable bonds is 5. The van der Waals surface area contributed by atoms with Crippen LogP contribution in [0.25, 0.3) is 0 Å². The first-order chi connectivity index (χ1) is 16.0. The molecule has 0 atom stereocenters. The number of carbonyl (C=O) groups excluding carboxylic acids is 2. The minimum absolute atomic E-state index is 0.110. The Morgan fingerprint density at radius 1 is 1.12 bits per heavy atom. The van der Waals surface area contributed by atoms with Gasteiger partial charge in [0, 0.05) is 38.5 Å². The fraction of sp³-hybridized carbons (Fsp3) is 0.182. The summed E-state index contributed by atoms with van der Waals surface area (Å²) in [4.78, 5) is 25.8. The smallest absolute Gasteiger partial charge is 0.417 e. The Morgan fingerprint density at radius 2 is 1.85 bits per heavy atom. The highest BCUT2D eigenvalue weighted by Gasteiger charge is 2.33. The fourth-order valence-electron chi connectivity index (χ4n) is 2.97. The van der Waals surface area contributed by atoms with Gasteiger partial charge in [-0.1, -0.05) is 11.6 Å². The normalized spacial score (nSPS) is 13.6. The lowest BCUT2D eigenvalue weighted by atomic mass is 10.2. The Kier molecular flexibility index (Phi) is 7.35. The van der Waals surface area contributed by atoms with E-state index in [1.807, 2.05) is 0 Å². The Hall–Kier alpha value is -3.73. The molecule has 3 N–H and O–H groups in total. The first kappa shape index (κ1) is 24.9. The summed E-state index contributed by atoms with van der Waals surface area (Å²) in [6, 6.07) is 5.52. The van der Waals surface area contributed by atoms with E-state index in [0.717, 1.165) is 12.1 Å². The highest BCUT2D eigenvalue weighted by Crippen LogP contribution is 2.36. The number of halogens is 5. The molecule has 0 saturated heterocycles. The summed E-state index contributed by atoms with van der Waals surface area (Å²) in [5.74, 6) is -0.711. The van der Waals surface area contributed by atoms with Gasteiger partial charge in [-0.3, -0.25) is 4.79 Å². The van der Waals surface area contributed by atoms with Gasteiger partial charge in [-0.05, 0) is 36.4 Å². The first-order valence-electron chi connectivity index (χ1n) is 9.75. The van der Waals surface area contributed by atoms with Crippen LogP contribution in [-0.4, -0.2) is 37.5 Å². The first-order valence-corrected chi connectivity index (χ1v) is 10.1. The van der Waals surface area contributed by atoms with Crippen LogP contribution in [-0.2, 0) is 11.0 Å². The van der Waals surface area contributed by atoms with Gasteiger partial charge in [-0.25, -0.2) is 9.18 Å². The van der Waals surface area contributed by atoms with Crippen LogP contribution in [0, 0.1) is 5.82 Å². The van der Waals surface area contributed by atoms with E-state index < -0.39 is 28.6 Å². The number of hydrogen-bond donors (Lipinski definition) is 3.